The van der Waals surface area contributed by atoms with Crippen LogP contribution in [0.15, 0.2) is 0 Å². The fraction of sp³-hybridized carbons (Fsp3) is 0.857. The lowest BCUT2D eigenvalue weighted by Gasteiger charge is -2.30. The molecule has 0 aromatic heterocycles. The van der Waals surface area contributed by atoms with E-state index in [2.05, 4.69) is 15.9 Å². The molecule has 0 saturated heterocycles. The van der Waals surface area contributed by atoms with Crippen LogP contribution in [0.4, 0.5) is 0 Å². The largest absolute Gasteiger partial charge is 0.463 e. The van der Waals surface area contributed by atoms with Gasteiger partial charge in [-0.1, -0.05) is 15.9 Å². The quantitative estimate of drug-likeness (QED) is 0.333. The summed E-state index contributed by atoms with van der Waals surface area (Å²) in [5.74, 6) is -0.813. The molecule has 0 aromatic carbocycles. The fourth-order valence-electron chi connectivity index (χ4n) is 1.76. The highest BCUT2D eigenvalue weighted by Crippen LogP contribution is 2.35. The summed E-state index contributed by atoms with van der Waals surface area (Å²) in [4.78, 5) is 24.0. The Hall–Kier alpha value is -0.660. The fourth-order valence-corrected chi connectivity index (χ4v) is 2.57. The number of alkyl halides is 1. The normalized spacial score (nSPS) is 14.4. The second-order valence-corrected chi connectivity index (χ2v) is 7.27. The molecule has 0 spiro atoms. The first-order valence-electron chi connectivity index (χ1n) is 6.68. The van der Waals surface area contributed by atoms with Crippen LogP contribution in [0, 0.1) is 5.41 Å². The Balaban J connectivity index is 4.51. The minimum atomic E-state index is -0.968. The molecule has 0 N–H and O–H groups in total. The maximum atomic E-state index is 12.0. The van der Waals surface area contributed by atoms with Gasteiger partial charge in [0.15, 0.2) is 0 Å². The predicted octanol–water partition coefficient (Wildman–Crippen LogP) is 1.94. The van der Waals surface area contributed by atoms with E-state index in [1.165, 1.54) is 14.2 Å². The van der Waals surface area contributed by atoms with Crippen LogP contribution >= 0.6 is 15.9 Å². The van der Waals surface area contributed by atoms with Crippen LogP contribution in [0.1, 0.15) is 27.2 Å². The molecule has 7 heteroatoms. The monoisotopic (exact) mass is 368 g/mol. The summed E-state index contributed by atoms with van der Waals surface area (Å²) in [5, 5.41) is 0. The van der Waals surface area contributed by atoms with Crippen molar-refractivity contribution in [3.63, 3.8) is 0 Å². The molecular weight excluding hydrogens is 344 g/mol. The number of halogens is 1. The number of carbonyl (C=O) groups is 2. The lowest BCUT2D eigenvalue weighted by atomic mass is 9.83. The molecule has 1 unspecified atom stereocenters. The molecule has 0 aromatic rings. The van der Waals surface area contributed by atoms with E-state index in [1.54, 1.807) is 20.8 Å². The third-order valence-electron chi connectivity index (χ3n) is 2.79. The summed E-state index contributed by atoms with van der Waals surface area (Å²) in [5.41, 5.74) is -0.827. The second-order valence-electron chi connectivity index (χ2n) is 5.52. The van der Waals surface area contributed by atoms with Crippen LogP contribution in [0.2, 0.25) is 0 Å². The average Bonchev–Trinajstić information content (AvgIpc) is 2.37. The number of hydrogen-bond acceptors (Lipinski definition) is 6. The highest BCUT2D eigenvalue weighted by atomic mass is 79.9. The molecular formula is C14H25BrO6. The van der Waals surface area contributed by atoms with Crippen molar-refractivity contribution in [2.75, 3.05) is 40.6 Å². The topological polar surface area (TPSA) is 71.1 Å². The van der Waals surface area contributed by atoms with Crippen molar-refractivity contribution >= 4 is 27.9 Å². The van der Waals surface area contributed by atoms with Gasteiger partial charge in [0.05, 0.1) is 18.6 Å². The van der Waals surface area contributed by atoms with Gasteiger partial charge in [-0.2, -0.15) is 0 Å². The standard InChI is InChI=1S/C14H25BrO6/c1-13(2,11(16)20-8-6-18-4)10-14(3,15)12(17)21-9-7-19-5/h6-10H2,1-5H3. The molecule has 0 aliphatic heterocycles. The van der Waals surface area contributed by atoms with Gasteiger partial charge < -0.3 is 18.9 Å². The molecule has 0 radical (unpaired) electrons. The van der Waals surface area contributed by atoms with E-state index >= 15 is 0 Å². The molecule has 0 aliphatic rings. The maximum absolute atomic E-state index is 12.0. The molecule has 0 saturated carbocycles. The zero-order valence-corrected chi connectivity index (χ0v) is 14.9. The third-order valence-corrected chi connectivity index (χ3v) is 3.40. The van der Waals surface area contributed by atoms with Crippen molar-refractivity contribution < 1.29 is 28.5 Å². The summed E-state index contributed by atoms with van der Waals surface area (Å²) < 4.78 is 18.9. The molecule has 0 fully saturated rings. The first-order valence-corrected chi connectivity index (χ1v) is 7.48. The van der Waals surface area contributed by atoms with E-state index < -0.39 is 15.7 Å². The molecule has 0 heterocycles. The summed E-state index contributed by atoms with van der Waals surface area (Å²) in [6.45, 7) is 6.16. The zero-order valence-electron chi connectivity index (χ0n) is 13.4. The van der Waals surface area contributed by atoms with E-state index in [1.807, 2.05) is 0 Å². The number of rotatable bonds is 10. The van der Waals surface area contributed by atoms with Gasteiger partial charge in [-0.15, -0.1) is 0 Å². The molecule has 124 valence electrons. The highest BCUT2D eigenvalue weighted by Gasteiger charge is 2.42. The maximum Gasteiger partial charge on any atom is 0.322 e. The van der Waals surface area contributed by atoms with Gasteiger partial charge in [0.2, 0.25) is 0 Å². The summed E-state index contributed by atoms with van der Waals surface area (Å²) in [7, 11) is 3.06. The molecule has 0 amide bonds. The minimum Gasteiger partial charge on any atom is -0.463 e. The van der Waals surface area contributed by atoms with Gasteiger partial charge in [0.1, 0.15) is 17.5 Å². The highest BCUT2D eigenvalue weighted by molar-refractivity contribution is 9.10. The van der Waals surface area contributed by atoms with E-state index in [0.717, 1.165) is 0 Å². The van der Waals surface area contributed by atoms with Gasteiger partial charge in [-0.05, 0) is 27.2 Å². The Labute approximate surface area is 134 Å². The zero-order chi connectivity index (χ0) is 16.5. The number of ether oxygens (including phenoxy) is 4. The van der Waals surface area contributed by atoms with Gasteiger partial charge in [0, 0.05) is 14.2 Å². The van der Waals surface area contributed by atoms with Gasteiger partial charge in [0.25, 0.3) is 0 Å². The van der Waals surface area contributed by atoms with E-state index in [-0.39, 0.29) is 25.6 Å². The molecule has 21 heavy (non-hydrogen) atoms. The Kier molecular flexibility index (Phi) is 9.08. The van der Waals surface area contributed by atoms with Crippen LogP contribution < -0.4 is 0 Å². The van der Waals surface area contributed by atoms with Crippen LogP contribution in [-0.2, 0) is 28.5 Å². The lowest BCUT2D eigenvalue weighted by Crippen LogP contribution is -2.40. The van der Waals surface area contributed by atoms with E-state index in [0.29, 0.717) is 13.2 Å². The number of carbonyl (C=O) groups excluding carboxylic acids is 2. The van der Waals surface area contributed by atoms with Crippen LogP contribution in [0.3, 0.4) is 0 Å². The minimum absolute atomic E-state index is 0.176. The molecule has 0 bridgehead atoms. The number of esters is 2. The van der Waals surface area contributed by atoms with Crippen molar-refractivity contribution in [3.8, 4) is 0 Å². The smallest absolute Gasteiger partial charge is 0.322 e. The number of methoxy groups -OCH3 is 2. The van der Waals surface area contributed by atoms with Crippen molar-refractivity contribution in [2.24, 2.45) is 5.41 Å². The first-order chi connectivity index (χ1) is 9.67. The van der Waals surface area contributed by atoms with E-state index in [4.69, 9.17) is 18.9 Å². The SMILES string of the molecule is COCCOC(=O)C(C)(C)CC(C)(Br)C(=O)OCCOC. The molecule has 6 nitrogen and oxygen atoms in total. The Morgan fingerprint density at radius 2 is 1.29 bits per heavy atom. The Bertz CT molecular complexity index is 308. The van der Waals surface area contributed by atoms with Crippen molar-refractivity contribution in [3.05, 3.63) is 0 Å². The predicted molar refractivity (Wildman–Crippen MR) is 81.4 cm³/mol. The summed E-state index contributed by atoms with van der Waals surface area (Å²) in [6.07, 6.45) is 0.248. The van der Waals surface area contributed by atoms with Gasteiger partial charge in [-0.25, -0.2) is 0 Å². The lowest BCUT2D eigenvalue weighted by molar-refractivity contribution is -0.157. The molecule has 1 atom stereocenters. The van der Waals surface area contributed by atoms with Gasteiger partial charge >= 0.3 is 11.9 Å². The van der Waals surface area contributed by atoms with Gasteiger partial charge in [-0.3, -0.25) is 9.59 Å². The van der Waals surface area contributed by atoms with Crippen molar-refractivity contribution in [2.45, 2.75) is 31.5 Å². The summed E-state index contributed by atoms with van der Waals surface area (Å²) in [6, 6.07) is 0. The van der Waals surface area contributed by atoms with Crippen LogP contribution in [0.25, 0.3) is 0 Å². The summed E-state index contributed by atoms with van der Waals surface area (Å²) >= 11 is 3.34. The van der Waals surface area contributed by atoms with E-state index in [9.17, 15) is 9.59 Å². The van der Waals surface area contributed by atoms with Crippen LogP contribution in [0.5, 0.6) is 0 Å². The van der Waals surface area contributed by atoms with Crippen molar-refractivity contribution in [1.82, 2.24) is 0 Å². The van der Waals surface area contributed by atoms with Crippen LogP contribution in [-0.4, -0.2) is 56.9 Å². The molecule has 0 aliphatic carbocycles. The third kappa shape index (κ3) is 7.78. The molecule has 0 rings (SSSR count). The Morgan fingerprint density at radius 1 is 0.857 bits per heavy atom. The second kappa shape index (κ2) is 9.38. The Morgan fingerprint density at radius 3 is 1.71 bits per heavy atom. The number of hydrogen-bond donors (Lipinski definition) is 0. The van der Waals surface area contributed by atoms with Crippen molar-refractivity contribution in [1.29, 1.82) is 0 Å². The first kappa shape index (κ1) is 20.3. The average molecular weight is 369 g/mol.